The second-order valence-electron chi connectivity index (χ2n) is 8.53. The van der Waals surface area contributed by atoms with Crippen molar-refractivity contribution in [3.63, 3.8) is 0 Å². The van der Waals surface area contributed by atoms with Gasteiger partial charge < -0.3 is 15.0 Å². The molecule has 0 amide bonds. The van der Waals surface area contributed by atoms with Gasteiger partial charge in [-0.15, -0.1) is 0 Å². The molecule has 4 rings (SSSR count). The molecule has 1 heterocycles. The summed E-state index contributed by atoms with van der Waals surface area (Å²) < 4.78 is 6.25. The van der Waals surface area contributed by atoms with Crippen molar-refractivity contribution in [2.24, 2.45) is 5.92 Å². The zero-order chi connectivity index (χ0) is 22.0. The maximum atomic E-state index is 6.25. The summed E-state index contributed by atoms with van der Waals surface area (Å²) in [5.74, 6) is 1.78. The molecule has 1 fully saturated rings. The molecule has 0 saturated heterocycles. The van der Waals surface area contributed by atoms with Crippen LogP contribution in [0.25, 0.3) is 0 Å². The van der Waals surface area contributed by atoms with Gasteiger partial charge in [-0.1, -0.05) is 43.0 Å². The molecule has 3 aromatic rings. The fraction of sp³-hybridized carbons (Fsp3) is 0.308. The van der Waals surface area contributed by atoms with E-state index in [2.05, 4.69) is 75.3 Å². The molecule has 160 valence electrons. The number of rotatable bonds is 8. The van der Waals surface area contributed by atoms with Crippen LogP contribution in [0.4, 0.5) is 11.4 Å². The third-order valence-corrected chi connectivity index (χ3v) is 6.05. The minimum Gasteiger partial charge on any atom is -0.489 e. The normalized spacial score (nSPS) is 19.5. The minimum atomic E-state index is -0.109. The van der Waals surface area contributed by atoms with Crippen LogP contribution in [0.15, 0.2) is 73.1 Å². The second-order valence-corrected chi connectivity index (χ2v) is 8.53. The zero-order valence-corrected chi connectivity index (χ0v) is 18.7. The monoisotopic (exact) mass is 414 g/mol. The molecule has 5 heteroatoms. The van der Waals surface area contributed by atoms with Gasteiger partial charge in [-0.05, 0) is 44.0 Å². The van der Waals surface area contributed by atoms with Crippen molar-refractivity contribution >= 4 is 11.4 Å². The summed E-state index contributed by atoms with van der Waals surface area (Å²) in [6, 6.07) is 19.0. The Kier molecular flexibility index (Phi) is 5.68. The van der Waals surface area contributed by atoms with Gasteiger partial charge in [-0.2, -0.15) is 0 Å². The standard InChI is InChI=1S/C26H30N4O/c1-18(29-22-12-9-13-23(14-22)30(4)5)24-15-26(24,21-10-7-6-8-11-21)17-31-25-16-27-20(3)28-19(25)2/h6-14,16,24,29H,1,15,17H2,2-5H3/t24-,26+/m0/s1. The van der Waals surface area contributed by atoms with Crippen LogP contribution in [0, 0.1) is 19.8 Å². The second kappa shape index (κ2) is 8.42. The van der Waals surface area contributed by atoms with Crippen LogP contribution in [0.5, 0.6) is 5.75 Å². The first-order valence-corrected chi connectivity index (χ1v) is 10.6. The van der Waals surface area contributed by atoms with E-state index in [-0.39, 0.29) is 11.3 Å². The molecule has 1 aliphatic carbocycles. The topological polar surface area (TPSA) is 50.3 Å². The Labute approximate surface area is 184 Å². The molecule has 2 atom stereocenters. The molecule has 0 bridgehead atoms. The summed E-state index contributed by atoms with van der Waals surface area (Å²) in [4.78, 5) is 10.8. The highest BCUT2D eigenvalue weighted by Crippen LogP contribution is 2.57. The lowest BCUT2D eigenvalue weighted by Crippen LogP contribution is -2.22. The maximum absolute atomic E-state index is 6.25. The lowest BCUT2D eigenvalue weighted by Gasteiger charge is -2.21. The van der Waals surface area contributed by atoms with Gasteiger partial charge in [0.05, 0.1) is 18.5 Å². The average Bonchev–Trinajstić information content (AvgIpc) is 3.50. The molecule has 1 saturated carbocycles. The Morgan fingerprint density at radius 3 is 2.65 bits per heavy atom. The van der Waals surface area contributed by atoms with Gasteiger partial charge in [0.1, 0.15) is 5.82 Å². The molecule has 31 heavy (non-hydrogen) atoms. The first-order chi connectivity index (χ1) is 14.9. The highest BCUT2D eigenvalue weighted by atomic mass is 16.5. The lowest BCUT2D eigenvalue weighted by molar-refractivity contribution is 0.267. The van der Waals surface area contributed by atoms with E-state index in [4.69, 9.17) is 4.74 Å². The molecular weight excluding hydrogens is 384 g/mol. The highest BCUT2D eigenvalue weighted by molar-refractivity contribution is 5.60. The lowest BCUT2D eigenvalue weighted by atomic mass is 9.93. The van der Waals surface area contributed by atoms with Crippen LogP contribution in [-0.4, -0.2) is 30.7 Å². The number of allylic oxidation sites excluding steroid dienone is 1. The van der Waals surface area contributed by atoms with Crippen LogP contribution in [0.1, 0.15) is 23.5 Å². The van der Waals surface area contributed by atoms with E-state index in [1.807, 2.05) is 34.0 Å². The van der Waals surface area contributed by atoms with Crippen molar-refractivity contribution in [3.8, 4) is 5.75 Å². The Hall–Kier alpha value is -3.34. The van der Waals surface area contributed by atoms with Gasteiger partial charge in [-0.3, -0.25) is 0 Å². The Balaban J connectivity index is 1.53. The molecule has 0 spiro atoms. The summed E-state index contributed by atoms with van der Waals surface area (Å²) in [7, 11) is 4.09. The van der Waals surface area contributed by atoms with E-state index in [0.717, 1.165) is 40.8 Å². The largest absolute Gasteiger partial charge is 0.489 e. The van der Waals surface area contributed by atoms with Crippen molar-refractivity contribution in [2.75, 3.05) is 30.9 Å². The molecule has 0 aliphatic heterocycles. The van der Waals surface area contributed by atoms with Gasteiger partial charge >= 0.3 is 0 Å². The number of benzene rings is 2. The van der Waals surface area contributed by atoms with Crippen LogP contribution in [-0.2, 0) is 5.41 Å². The Morgan fingerprint density at radius 2 is 1.94 bits per heavy atom. The molecule has 0 radical (unpaired) electrons. The van der Waals surface area contributed by atoms with Crippen molar-refractivity contribution in [2.45, 2.75) is 25.7 Å². The van der Waals surface area contributed by atoms with Gasteiger partial charge in [0.25, 0.3) is 0 Å². The predicted octanol–water partition coefficient (Wildman–Crippen LogP) is 5.12. The van der Waals surface area contributed by atoms with Gasteiger partial charge in [-0.25, -0.2) is 9.97 Å². The van der Waals surface area contributed by atoms with E-state index in [1.165, 1.54) is 5.56 Å². The highest BCUT2D eigenvalue weighted by Gasteiger charge is 2.57. The quantitative estimate of drug-likeness (QED) is 0.554. The summed E-state index contributed by atoms with van der Waals surface area (Å²) in [6.45, 7) is 8.80. The van der Waals surface area contributed by atoms with Gasteiger partial charge in [0.2, 0.25) is 0 Å². The van der Waals surface area contributed by atoms with Crippen LogP contribution < -0.4 is 15.0 Å². The summed E-state index contributed by atoms with van der Waals surface area (Å²) in [5.41, 5.74) is 5.25. The first kappa shape index (κ1) is 20.9. The average molecular weight is 415 g/mol. The van der Waals surface area contributed by atoms with Crippen LogP contribution in [0.3, 0.4) is 0 Å². The third-order valence-electron chi connectivity index (χ3n) is 6.05. The third kappa shape index (κ3) is 4.41. The fourth-order valence-corrected chi connectivity index (χ4v) is 4.15. The molecule has 1 aromatic heterocycles. The molecular formula is C26H30N4O. The maximum Gasteiger partial charge on any atom is 0.158 e. The summed E-state index contributed by atoms with van der Waals surface area (Å²) in [6.07, 6.45) is 2.76. The zero-order valence-electron chi connectivity index (χ0n) is 18.7. The summed E-state index contributed by atoms with van der Waals surface area (Å²) in [5, 5.41) is 3.54. The van der Waals surface area contributed by atoms with Crippen molar-refractivity contribution in [1.82, 2.24) is 9.97 Å². The Bertz CT molecular complexity index is 1080. The van der Waals surface area contributed by atoms with E-state index in [1.54, 1.807) is 6.20 Å². The molecule has 2 aromatic carbocycles. The number of ether oxygens (including phenoxy) is 1. The number of hydrogen-bond donors (Lipinski definition) is 1. The number of anilines is 2. The van der Waals surface area contributed by atoms with Gasteiger partial charge in [0.15, 0.2) is 5.75 Å². The number of aryl methyl sites for hydroxylation is 2. The van der Waals surface area contributed by atoms with E-state index >= 15 is 0 Å². The van der Waals surface area contributed by atoms with E-state index in [9.17, 15) is 0 Å². The predicted molar refractivity (Wildman–Crippen MR) is 127 cm³/mol. The first-order valence-electron chi connectivity index (χ1n) is 10.6. The van der Waals surface area contributed by atoms with Crippen molar-refractivity contribution < 1.29 is 4.74 Å². The van der Waals surface area contributed by atoms with E-state index < -0.39 is 0 Å². The number of nitrogens with zero attached hydrogens (tertiary/aromatic N) is 3. The van der Waals surface area contributed by atoms with Gasteiger partial charge in [0, 0.05) is 42.5 Å². The molecule has 0 unspecified atom stereocenters. The van der Waals surface area contributed by atoms with Crippen LogP contribution in [0.2, 0.25) is 0 Å². The molecule has 1 N–H and O–H groups in total. The Morgan fingerprint density at radius 1 is 1.16 bits per heavy atom. The number of aromatic nitrogens is 2. The molecule has 5 nitrogen and oxygen atoms in total. The SMILES string of the molecule is C=C(Nc1cccc(N(C)C)c1)[C@@H]1C[C@@]1(COc1cnc(C)nc1C)c1ccccc1. The van der Waals surface area contributed by atoms with Crippen molar-refractivity contribution in [1.29, 1.82) is 0 Å². The smallest absolute Gasteiger partial charge is 0.158 e. The summed E-state index contributed by atoms with van der Waals surface area (Å²) >= 11 is 0. The number of nitrogens with one attached hydrogen (secondary N) is 1. The fourth-order valence-electron chi connectivity index (χ4n) is 4.15. The van der Waals surface area contributed by atoms with Crippen molar-refractivity contribution in [3.05, 3.63) is 90.2 Å². The van der Waals surface area contributed by atoms with Crippen LogP contribution >= 0.6 is 0 Å². The minimum absolute atomic E-state index is 0.109. The van der Waals surface area contributed by atoms with E-state index in [0.29, 0.717) is 6.61 Å². The molecule has 1 aliphatic rings. The number of hydrogen-bond acceptors (Lipinski definition) is 5.